The first kappa shape index (κ1) is 14.0. The van der Waals surface area contributed by atoms with Gasteiger partial charge in [0.2, 0.25) is 0 Å². The lowest BCUT2D eigenvalue weighted by atomic mass is 9.95. The second-order valence-electron chi connectivity index (χ2n) is 5.42. The van der Waals surface area contributed by atoms with Gasteiger partial charge in [0, 0.05) is 18.1 Å². The van der Waals surface area contributed by atoms with E-state index in [1.54, 1.807) is 7.11 Å². The highest BCUT2D eigenvalue weighted by molar-refractivity contribution is 5.43. The van der Waals surface area contributed by atoms with Crippen molar-refractivity contribution in [3.05, 3.63) is 59.7 Å². The van der Waals surface area contributed by atoms with Crippen LogP contribution in [0.2, 0.25) is 0 Å². The largest absolute Gasteiger partial charge is 0.497 e. The number of aliphatic hydroxyl groups is 1. The van der Waals surface area contributed by atoms with Crippen molar-refractivity contribution in [2.24, 2.45) is 0 Å². The Hall–Kier alpha value is -2.00. The minimum Gasteiger partial charge on any atom is -0.497 e. The molecule has 3 heteroatoms. The molecule has 1 heterocycles. The highest BCUT2D eigenvalue weighted by Crippen LogP contribution is 2.38. The quantitative estimate of drug-likeness (QED) is 0.933. The summed E-state index contributed by atoms with van der Waals surface area (Å²) in [7, 11) is 1.63. The number of methoxy groups -OCH3 is 1. The van der Waals surface area contributed by atoms with Crippen molar-refractivity contribution < 1.29 is 14.6 Å². The topological polar surface area (TPSA) is 38.7 Å². The molecule has 0 spiro atoms. The highest BCUT2D eigenvalue weighted by Gasteiger charge is 2.27. The van der Waals surface area contributed by atoms with Crippen LogP contribution >= 0.6 is 0 Å². The molecule has 21 heavy (non-hydrogen) atoms. The molecule has 1 unspecified atom stereocenters. The molecule has 2 aromatic rings. The molecule has 2 aromatic carbocycles. The Labute approximate surface area is 125 Å². The first-order chi connectivity index (χ1) is 10.3. The monoisotopic (exact) mass is 284 g/mol. The Balaban J connectivity index is 1.69. The predicted molar refractivity (Wildman–Crippen MR) is 81.7 cm³/mol. The van der Waals surface area contributed by atoms with Gasteiger partial charge in [-0.15, -0.1) is 0 Å². The Kier molecular flexibility index (Phi) is 4.11. The molecule has 0 aromatic heterocycles. The Morgan fingerprint density at radius 1 is 1.19 bits per heavy atom. The van der Waals surface area contributed by atoms with E-state index in [0.29, 0.717) is 6.42 Å². The van der Waals surface area contributed by atoms with E-state index < -0.39 is 6.10 Å². The van der Waals surface area contributed by atoms with E-state index in [0.717, 1.165) is 29.9 Å². The number of benzene rings is 2. The molecule has 0 fully saturated rings. The average molecular weight is 284 g/mol. The van der Waals surface area contributed by atoms with Gasteiger partial charge in [0.15, 0.2) is 0 Å². The minimum absolute atomic E-state index is 0.0415. The van der Waals surface area contributed by atoms with Crippen LogP contribution in [0.15, 0.2) is 48.5 Å². The fourth-order valence-electron chi connectivity index (χ4n) is 2.77. The van der Waals surface area contributed by atoms with Crippen LogP contribution in [0, 0.1) is 0 Å². The van der Waals surface area contributed by atoms with Crippen LogP contribution in [0.1, 0.15) is 30.1 Å². The van der Waals surface area contributed by atoms with Gasteiger partial charge in [-0.3, -0.25) is 0 Å². The van der Waals surface area contributed by atoms with Gasteiger partial charge in [0.05, 0.1) is 13.2 Å². The lowest BCUT2D eigenvalue weighted by Crippen LogP contribution is -2.26. The zero-order chi connectivity index (χ0) is 14.7. The maximum atomic E-state index is 10.3. The molecule has 0 saturated heterocycles. The summed E-state index contributed by atoms with van der Waals surface area (Å²) in [5.74, 6) is 1.50. The van der Waals surface area contributed by atoms with Crippen molar-refractivity contribution in [1.82, 2.24) is 0 Å². The zero-order valence-corrected chi connectivity index (χ0v) is 12.2. The molecule has 0 aliphatic carbocycles. The van der Waals surface area contributed by atoms with Gasteiger partial charge in [-0.1, -0.05) is 30.3 Å². The van der Waals surface area contributed by atoms with Crippen molar-refractivity contribution >= 4 is 0 Å². The number of ether oxygens (including phenoxy) is 2. The first-order valence-electron chi connectivity index (χ1n) is 7.33. The third-order valence-electron chi connectivity index (χ3n) is 3.96. The SMILES string of the molecule is COc1ccc2c(c1)OC(CCc1ccccc1)C[C@@H]2O. The maximum Gasteiger partial charge on any atom is 0.129 e. The summed E-state index contributed by atoms with van der Waals surface area (Å²) < 4.78 is 11.2. The normalized spacial score (nSPS) is 20.5. The predicted octanol–water partition coefficient (Wildman–Crippen LogP) is 3.51. The molecule has 1 aliphatic heterocycles. The van der Waals surface area contributed by atoms with Crippen molar-refractivity contribution in [3.63, 3.8) is 0 Å². The highest BCUT2D eigenvalue weighted by atomic mass is 16.5. The molecule has 0 amide bonds. The second-order valence-corrected chi connectivity index (χ2v) is 5.42. The third-order valence-corrected chi connectivity index (χ3v) is 3.96. The number of rotatable bonds is 4. The fraction of sp³-hybridized carbons (Fsp3) is 0.333. The van der Waals surface area contributed by atoms with Gasteiger partial charge in [0.1, 0.15) is 17.6 Å². The molecule has 3 rings (SSSR count). The lowest BCUT2D eigenvalue weighted by molar-refractivity contribution is 0.0617. The van der Waals surface area contributed by atoms with Gasteiger partial charge in [0.25, 0.3) is 0 Å². The minimum atomic E-state index is -0.458. The second kappa shape index (κ2) is 6.19. The van der Waals surface area contributed by atoms with Crippen LogP contribution in [0.3, 0.4) is 0 Å². The van der Waals surface area contributed by atoms with Crippen LogP contribution < -0.4 is 9.47 Å². The van der Waals surface area contributed by atoms with Crippen LogP contribution in [0.5, 0.6) is 11.5 Å². The number of aliphatic hydroxyl groups excluding tert-OH is 1. The summed E-state index contributed by atoms with van der Waals surface area (Å²) in [5, 5.41) is 10.3. The van der Waals surface area contributed by atoms with E-state index in [2.05, 4.69) is 12.1 Å². The van der Waals surface area contributed by atoms with Gasteiger partial charge >= 0.3 is 0 Å². The molecule has 0 bridgehead atoms. The standard InChI is InChI=1S/C18H20O3/c1-20-14-9-10-16-17(19)11-15(21-18(16)12-14)8-7-13-5-3-2-4-6-13/h2-6,9-10,12,15,17,19H,7-8,11H2,1H3/t15?,17-/m0/s1. The van der Waals surface area contributed by atoms with Crippen LogP contribution in [0.25, 0.3) is 0 Å². The molecule has 0 radical (unpaired) electrons. The van der Waals surface area contributed by atoms with E-state index in [9.17, 15) is 5.11 Å². The number of hydrogen-bond donors (Lipinski definition) is 1. The molecule has 3 nitrogen and oxygen atoms in total. The van der Waals surface area contributed by atoms with Crippen molar-refractivity contribution in [2.45, 2.75) is 31.5 Å². The molecule has 0 saturated carbocycles. The van der Waals surface area contributed by atoms with Crippen LogP contribution in [-0.4, -0.2) is 18.3 Å². The van der Waals surface area contributed by atoms with Gasteiger partial charge < -0.3 is 14.6 Å². The van der Waals surface area contributed by atoms with Crippen molar-refractivity contribution in [3.8, 4) is 11.5 Å². The summed E-state index contributed by atoms with van der Waals surface area (Å²) in [6.45, 7) is 0. The summed E-state index contributed by atoms with van der Waals surface area (Å²) in [4.78, 5) is 0. The van der Waals surface area contributed by atoms with Crippen molar-refractivity contribution in [2.75, 3.05) is 7.11 Å². The molecule has 1 aliphatic rings. The zero-order valence-electron chi connectivity index (χ0n) is 12.2. The van der Waals surface area contributed by atoms with E-state index in [1.165, 1.54) is 5.56 Å². The fourth-order valence-corrected chi connectivity index (χ4v) is 2.77. The average Bonchev–Trinajstić information content (AvgIpc) is 2.53. The summed E-state index contributed by atoms with van der Waals surface area (Å²) in [6.07, 6.45) is 2.08. The van der Waals surface area contributed by atoms with E-state index in [-0.39, 0.29) is 6.10 Å². The van der Waals surface area contributed by atoms with Crippen LogP contribution in [-0.2, 0) is 6.42 Å². The molecular formula is C18H20O3. The third kappa shape index (κ3) is 3.19. The van der Waals surface area contributed by atoms with E-state index in [1.807, 2.05) is 36.4 Å². The Morgan fingerprint density at radius 2 is 2.00 bits per heavy atom. The molecule has 1 N–H and O–H groups in total. The Morgan fingerprint density at radius 3 is 2.76 bits per heavy atom. The summed E-state index contributed by atoms with van der Waals surface area (Å²) in [5.41, 5.74) is 2.15. The molecular weight excluding hydrogens is 264 g/mol. The summed E-state index contributed by atoms with van der Waals surface area (Å²) in [6, 6.07) is 16.0. The van der Waals surface area contributed by atoms with Gasteiger partial charge in [-0.2, -0.15) is 0 Å². The van der Waals surface area contributed by atoms with E-state index >= 15 is 0 Å². The number of hydrogen-bond acceptors (Lipinski definition) is 3. The first-order valence-corrected chi connectivity index (χ1v) is 7.33. The van der Waals surface area contributed by atoms with E-state index in [4.69, 9.17) is 9.47 Å². The van der Waals surface area contributed by atoms with Crippen LogP contribution in [0.4, 0.5) is 0 Å². The molecule has 2 atom stereocenters. The summed E-state index contributed by atoms with van der Waals surface area (Å²) >= 11 is 0. The lowest BCUT2D eigenvalue weighted by Gasteiger charge is -2.30. The maximum absolute atomic E-state index is 10.3. The van der Waals surface area contributed by atoms with Gasteiger partial charge in [-0.25, -0.2) is 0 Å². The van der Waals surface area contributed by atoms with Crippen molar-refractivity contribution in [1.29, 1.82) is 0 Å². The number of aryl methyl sites for hydroxylation is 1. The van der Waals surface area contributed by atoms with Gasteiger partial charge in [-0.05, 0) is 30.5 Å². The smallest absolute Gasteiger partial charge is 0.129 e. The Bertz CT molecular complexity index is 595. The number of fused-ring (bicyclic) bond motifs is 1. The molecule has 110 valence electrons.